The van der Waals surface area contributed by atoms with E-state index in [0.717, 1.165) is 5.56 Å². The number of aryl methyl sites for hydroxylation is 1. The van der Waals surface area contributed by atoms with Crippen LogP contribution in [-0.4, -0.2) is 19.2 Å². The zero-order chi connectivity index (χ0) is 9.14. The standard InChI is InChI=1S/C10H15NO/c1-8-6-9(7-12)4-5-10(8)11(2)3/h4-6,12H,7H2,1-3H3. The lowest BCUT2D eigenvalue weighted by Crippen LogP contribution is -2.10. The van der Waals surface area contributed by atoms with Gasteiger partial charge in [-0.1, -0.05) is 12.1 Å². The van der Waals surface area contributed by atoms with E-state index in [2.05, 4.69) is 11.8 Å². The molecule has 0 aromatic heterocycles. The number of hydrogen-bond donors (Lipinski definition) is 1. The second-order valence-corrected chi connectivity index (χ2v) is 3.17. The van der Waals surface area contributed by atoms with E-state index in [-0.39, 0.29) is 6.61 Å². The molecule has 0 radical (unpaired) electrons. The second kappa shape index (κ2) is 3.59. The second-order valence-electron chi connectivity index (χ2n) is 3.17. The topological polar surface area (TPSA) is 23.5 Å². The van der Waals surface area contributed by atoms with Gasteiger partial charge in [-0.05, 0) is 24.1 Å². The van der Waals surface area contributed by atoms with Crippen molar-refractivity contribution in [1.29, 1.82) is 0 Å². The first kappa shape index (κ1) is 9.07. The van der Waals surface area contributed by atoms with Gasteiger partial charge in [-0.3, -0.25) is 0 Å². The molecule has 0 unspecified atom stereocenters. The van der Waals surface area contributed by atoms with E-state index in [1.807, 2.05) is 32.3 Å². The van der Waals surface area contributed by atoms with E-state index in [9.17, 15) is 0 Å². The average Bonchev–Trinajstić information content (AvgIpc) is 2.03. The molecular weight excluding hydrogens is 150 g/mol. The predicted molar refractivity (Wildman–Crippen MR) is 51.4 cm³/mol. The Balaban J connectivity index is 3.03. The third-order valence-electron chi connectivity index (χ3n) is 1.93. The Kier molecular flexibility index (Phi) is 2.71. The van der Waals surface area contributed by atoms with Crippen LogP contribution in [0.15, 0.2) is 18.2 Å². The number of aliphatic hydroxyl groups is 1. The van der Waals surface area contributed by atoms with E-state index < -0.39 is 0 Å². The highest BCUT2D eigenvalue weighted by Crippen LogP contribution is 2.18. The van der Waals surface area contributed by atoms with Crippen molar-refractivity contribution in [2.45, 2.75) is 13.5 Å². The molecule has 1 N–H and O–H groups in total. The van der Waals surface area contributed by atoms with Gasteiger partial charge >= 0.3 is 0 Å². The molecule has 0 heterocycles. The van der Waals surface area contributed by atoms with Crippen molar-refractivity contribution < 1.29 is 5.11 Å². The average molecular weight is 165 g/mol. The fraction of sp³-hybridized carbons (Fsp3) is 0.400. The Hall–Kier alpha value is -1.02. The van der Waals surface area contributed by atoms with Crippen LogP contribution in [0.4, 0.5) is 5.69 Å². The van der Waals surface area contributed by atoms with Crippen molar-refractivity contribution in [2.75, 3.05) is 19.0 Å². The van der Waals surface area contributed by atoms with Crippen LogP contribution in [0.5, 0.6) is 0 Å². The van der Waals surface area contributed by atoms with Gasteiger partial charge in [0, 0.05) is 19.8 Å². The number of nitrogens with zero attached hydrogens (tertiary/aromatic N) is 1. The zero-order valence-corrected chi connectivity index (χ0v) is 7.83. The molecule has 0 fully saturated rings. The van der Waals surface area contributed by atoms with Gasteiger partial charge < -0.3 is 10.0 Å². The lowest BCUT2D eigenvalue weighted by Gasteiger charge is -2.15. The number of aliphatic hydroxyl groups excluding tert-OH is 1. The summed E-state index contributed by atoms with van der Waals surface area (Å²) in [4.78, 5) is 2.07. The molecular formula is C10H15NO. The van der Waals surface area contributed by atoms with Gasteiger partial charge in [-0.15, -0.1) is 0 Å². The van der Waals surface area contributed by atoms with E-state index in [0.29, 0.717) is 0 Å². The maximum Gasteiger partial charge on any atom is 0.0681 e. The van der Waals surface area contributed by atoms with Gasteiger partial charge in [0.05, 0.1) is 6.61 Å². The maximum atomic E-state index is 8.88. The van der Waals surface area contributed by atoms with Crippen LogP contribution in [0.25, 0.3) is 0 Å². The van der Waals surface area contributed by atoms with Crippen molar-refractivity contribution in [3.63, 3.8) is 0 Å². The Bertz CT molecular complexity index is 269. The molecule has 12 heavy (non-hydrogen) atoms. The van der Waals surface area contributed by atoms with E-state index in [1.165, 1.54) is 11.3 Å². The molecule has 1 aromatic carbocycles. The van der Waals surface area contributed by atoms with Crippen molar-refractivity contribution in [2.24, 2.45) is 0 Å². The Labute approximate surface area is 73.4 Å². The van der Waals surface area contributed by atoms with Crippen molar-refractivity contribution in [1.82, 2.24) is 0 Å². The summed E-state index contributed by atoms with van der Waals surface area (Å²) >= 11 is 0. The molecule has 0 aliphatic carbocycles. The van der Waals surface area contributed by atoms with Gasteiger partial charge in [0.2, 0.25) is 0 Å². The number of anilines is 1. The van der Waals surface area contributed by atoms with Crippen LogP contribution < -0.4 is 4.90 Å². The molecule has 0 atom stereocenters. The normalized spacial score (nSPS) is 10.0. The fourth-order valence-corrected chi connectivity index (χ4v) is 1.32. The summed E-state index contributed by atoms with van der Waals surface area (Å²) in [6, 6.07) is 5.98. The van der Waals surface area contributed by atoms with Crippen LogP contribution in [-0.2, 0) is 6.61 Å². The lowest BCUT2D eigenvalue weighted by molar-refractivity contribution is 0.282. The van der Waals surface area contributed by atoms with Crippen LogP contribution >= 0.6 is 0 Å². The van der Waals surface area contributed by atoms with E-state index >= 15 is 0 Å². The van der Waals surface area contributed by atoms with Crippen molar-refractivity contribution >= 4 is 5.69 Å². The molecule has 0 bridgehead atoms. The minimum atomic E-state index is 0.120. The van der Waals surface area contributed by atoms with Gasteiger partial charge in [0.1, 0.15) is 0 Å². The molecule has 0 saturated heterocycles. The van der Waals surface area contributed by atoms with Crippen LogP contribution in [0, 0.1) is 6.92 Å². The lowest BCUT2D eigenvalue weighted by atomic mass is 10.1. The largest absolute Gasteiger partial charge is 0.392 e. The SMILES string of the molecule is Cc1cc(CO)ccc1N(C)C. The quantitative estimate of drug-likeness (QED) is 0.718. The number of hydrogen-bond acceptors (Lipinski definition) is 2. The summed E-state index contributed by atoms with van der Waals surface area (Å²) in [6.45, 7) is 2.17. The first-order valence-electron chi connectivity index (χ1n) is 4.03. The monoisotopic (exact) mass is 165 g/mol. The molecule has 0 aliphatic heterocycles. The highest BCUT2D eigenvalue weighted by Gasteiger charge is 2.00. The predicted octanol–water partition coefficient (Wildman–Crippen LogP) is 1.55. The molecule has 1 aromatic rings. The molecule has 0 spiro atoms. The highest BCUT2D eigenvalue weighted by molar-refractivity contribution is 5.53. The van der Waals surface area contributed by atoms with Crippen molar-refractivity contribution in [3.05, 3.63) is 29.3 Å². The molecule has 0 amide bonds. The van der Waals surface area contributed by atoms with Gasteiger partial charge in [0.15, 0.2) is 0 Å². The molecule has 2 nitrogen and oxygen atoms in total. The molecule has 2 heteroatoms. The molecule has 66 valence electrons. The summed E-state index contributed by atoms with van der Waals surface area (Å²) in [6.07, 6.45) is 0. The summed E-state index contributed by atoms with van der Waals surface area (Å²) in [5.74, 6) is 0. The van der Waals surface area contributed by atoms with E-state index in [4.69, 9.17) is 5.11 Å². The first-order chi connectivity index (χ1) is 5.65. The van der Waals surface area contributed by atoms with Crippen LogP contribution in [0.1, 0.15) is 11.1 Å². The Morgan fingerprint density at radius 1 is 1.33 bits per heavy atom. The third-order valence-corrected chi connectivity index (χ3v) is 1.93. The Morgan fingerprint density at radius 2 is 2.00 bits per heavy atom. The fourth-order valence-electron chi connectivity index (χ4n) is 1.32. The summed E-state index contributed by atoms with van der Waals surface area (Å²) < 4.78 is 0. The Morgan fingerprint density at radius 3 is 2.42 bits per heavy atom. The summed E-state index contributed by atoms with van der Waals surface area (Å²) in [7, 11) is 4.03. The minimum Gasteiger partial charge on any atom is -0.392 e. The van der Waals surface area contributed by atoms with Crippen LogP contribution in [0.3, 0.4) is 0 Å². The van der Waals surface area contributed by atoms with Gasteiger partial charge in [-0.25, -0.2) is 0 Å². The molecule has 1 rings (SSSR count). The van der Waals surface area contributed by atoms with Crippen LogP contribution in [0.2, 0.25) is 0 Å². The highest BCUT2D eigenvalue weighted by atomic mass is 16.3. The minimum absolute atomic E-state index is 0.120. The first-order valence-corrected chi connectivity index (χ1v) is 4.03. The molecule has 0 saturated carbocycles. The maximum absolute atomic E-state index is 8.88. The third kappa shape index (κ3) is 1.77. The summed E-state index contributed by atoms with van der Waals surface area (Å²) in [5.41, 5.74) is 3.37. The number of rotatable bonds is 2. The van der Waals surface area contributed by atoms with Gasteiger partial charge in [-0.2, -0.15) is 0 Å². The summed E-state index contributed by atoms with van der Waals surface area (Å²) in [5, 5.41) is 8.88. The van der Waals surface area contributed by atoms with Crippen molar-refractivity contribution in [3.8, 4) is 0 Å². The van der Waals surface area contributed by atoms with Gasteiger partial charge in [0.25, 0.3) is 0 Å². The smallest absolute Gasteiger partial charge is 0.0681 e. The van der Waals surface area contributed by atoms with E-state index in [1.54, 1.807) is 0 Å². The number of benzene rings is 1. The molecule has 0 aliphatic rings. The zero-order valence-electron chi connectivity index (χ0n) is 7.83.